The lowest BCUT2D eigenvalue weighted by Gasteiger charge is -2.42. The molecule has 1 saturated heterocycles. The van der Waals surface area contributed by atoms with Gasteiger partial charge in [0, 0.05) is 23.3 Å². The van der Waals surface area contributed by atoms with Gasteiger partial charge in [0.1, 0.15) is 18.7 Å². The van der Waals surface area contributed by atoms with Crippen molar-refractivity contribution in [3.63, 3.8) is 0 Å². The van der Waals surface area contributed by atoms with E-state index in [-0.39, 0.29) is 6.10 Å². The molecule has 0 aliphatic carbocycles. The van der Waals surface area contributed by atoms with Crippen LogP contribution < -0.4 is 0 Å². The average molecular weight is 210 g/mol. The zero-order valence-electron chi connectivity index (χ0n) is 8.44. The third-order valence-corrected chi connectivity index (χ3v) is 4.94. The van der Waals surface area contributed by atoms with Crippen molar-refractivity contribution in [3.8, 4) is 0 Å². The van der Waals surface area contributed by atoms with Gasteiger partial charge >= 0.3 is 0 Å². The van der Waals surface area contributed by atoms with Crippen LogP contribution in [0.25, 0.3) is 0 Å². The van der Waals surface area contributed by atoms with E-state index < -0.39 is 0 Å². The SMILES string of the molecule is C[N@@+]12CCC[C@H]1[C@H](O)c1sccc1C2. The molecule has 14 heavy (non-hydrogen) atoms. The number of thiophene rings is 1. The standard InChI is InChI=1S/C11H16NOS/c1-12-5-2-3-9(12)10(13)11-8(7-12)4-6-14-11/h4,6,9-10,13H,2-3,5,7H2,1H3/q+1/t9-,10-,12-/m0/s1. The molecule has 76 valence electrons. The second-order valence-corrected chi connectivity index (χ2v) is 5.77. The van der Waals surface area contributed by atoms with Gasteiger partial charge in [0.2, 0.25) is 0 Å². The highest BCUT2D eigenvalue weighted by Gasteiger charge is 2.47. The van der Waals surface area contributed by atoms with E-state index >= 15 is 0 Å². The lowest BCUT2D eigenvalue weighted by Crippen LogP contribution is -2.52. The molecule has 0 radical (unpaired) electrons. The van der Waals surface area contributed by atoms with Gasteiger partial charge in [-0.1, -0.05) is 0 Å². The number of hydrogen-bond acceptors (Lipinski definition) is 2. The molecule has 3 heterocycles. The van der Waals surface area contributed by atoms with Crippen LogP contribution in [0.1, 0.15) is 29.4 Å². The van der Waals surface area contributed by atoms with Crippen molar-refractivity contribution in [2.45, 2.75) is 31.5 Å². The second kappa shape index (κ2) is 2.81. The summed E-state index contributed by atoms with van der Waals surface area (Å²) in [6.45, 7) is 2.36. The molecule has 0 spiro atoms. The molecular formula is C11H16NOS+. The van der Waals surface area contributed by atoms with Crippen LogP contribution in [0.4, 0.5) is 0 Å². The third-order valence-electron chi connectivity index (χ3n) is 3.91. The summed E-state index contributed by atoms with van der Waals surface area (Å²) in [6, 6.07) is 2.64. The highest BCUT2D eigenvalue weighted by molar-refractivity contribution is 7.10. The van der Waals surface area contributed by atoms with E-state index in [1.807, 2.05) is 0 Å². The van der Waals surface area contributed by atoms with E-state index in [1.165, 1.54) is 29.8 Å². The summed E-state index contributed by atoms with van der Waals surface area (Å²) in [7, 11) is 2.29. The molecule has 0 amide bonds. The fourth-order valence-electron chi connectivity index (χ4n) is 3.14. The number of aliphatic hydroxyl groups is 1. The Balaban J connectivity index is 2.08. The molecule has 0 saturated carbocycles. The summed E-state index contributed by atoms with van der Waals surface area (Å²) in [5, 5.41) is 12.4. The fraction of sp³-hybridized carbons (Fsp3) is 0.636. The van der Waals surface area contributed by atoms with Crippen LogP contribution in [0.2, 0.25) is 0 Å². The number of likely N-dealkylation sites (N-methyl/N-ethyl adjacent to an activating group) is 1. The van der Waals surface area contributed by atoms with Gasteiger partial charge in [-0.15, -0.1) is 11.3 Å². The highest BCUT2D eigenvalue weighted by atomic mass is 32.1. The molecular weight excluding hydrogens is 194 g/mol. The number of aliphatic hydroxyl groups excluding tert-OH is 1. The zero-order valence-corrected chi connectivity index (χ0v) is 9.26. The zero-order chi connectivity index (χ0) is 9.76. The minimum absolute atomic E-state index is 0.203. The minimum atomic E-state index is -0.203. The summed E-state index contributed by atoms with van der Waals surface area (Å²) < 4.78 is 1.06. The van der Waals surface area contributed by atoms with E-state index in [0.717, 1.165) is 11.0 Å². The number of hydrogen-bond donors (Lipinski definition) is 1. The van der Waals surface area contributed by atoms with Crippen LogP contribution in [0.15, 0.2) is 11.4 Å². The molecule has 0 unspecified atom stereocenters. The Kier molecular flexibility index (Phi) is 1.79. The Bertz CT molecular complexity index is 362. The molecule has 3 rings (SSSR count). The van der Waals surface area contributed by atoms with E-state index in [1.54, 1.807) is 11.3 Å². The average Bonchev–Trinajstić information content (AvgIpc) is 2.70. The number of fused-ring (bicyclic) bond motifs is 2. The van der Waals surface area contributed by atoms with Crippen LogP contribution in [0.3, 0.4) is 0 Å². The molecule has 1 aromatic rings. The van der Waals surface area contributed by atoms with Gasteiger partial charge in [0.15, 0.2) is 0 Å². The normalized spacial score (nSPS) is 40.7. The minimum Gasteiger partial charge on any atom is -0.381 e. The van der Waals surface area contributed by atoms with Crippen molar-refractivity contribution in [1.29, 1.82) is 0 Å². The van der Waals surface area contributed by atoms with Crippen LogP contribution in [-0.4, -0.2) is 29.2 Å². The first kappa shape index (κ1) is 8.89. The molecule has 2 aliphatic heterocycles. The van der Waals surface area contributed by atoms with Crippen LogP contribution in [0, 0.1) is 0 Å². The Morgan fingerprint density at radius 3 is 3.29 bits per heavy atom. The maximum atomic E-state index is 10.3. The first-order valence-electron chi connectivity index (χ1n) is 5.29. The van der Waals surface area contributed by atoms with Gasteiger partial charge in [-0.25, -0.2) is 0 Å². The van der Waals surface area contributed by atoms with Gasteiger partial charge < -0.3 is 9.59 Å². The number of quaternary nitrogens is 1. The van der Waals surface area contributed by atoms with Crippen molar-refractivity contribution in [1.82, 2.24) is 0 Å². The number of nitrogens with zero attached hydrogens (tertiary/aromatic N) is 1. The van der Waals surface area contributed by atoms with Gasteiger partial charge in [-0.05, 0) is 11.4 Å². The van der Waals surface area contributed by atoms with E-state index in [2.05, 4.69) is 18.5 Å². The molecule has 1 fully saturated rings. The maximum absolute atomic E-state index is 10.3. The van der Waals surface area contributed by atoms with E-state index in [0.29, 0.717) is 6.04 Å². The van der Waals surface area contributed by atoms with Crippen molar-refractivity contribution >= 4 is 11.3 Å². The van der Waals surface area contributed by atoms with Gasteiger partial charge in [0.05, 0.1) is 13.6 Å². The largest absolute Gasteiger partial charge is 0.381 e. The highest BCUT2D eigenvalue weighted by Crippen LogP contribution is 2.43. The molecule has 0 bridgehead atoms. The fourth-order valence-corrected chi connectivity index (χ4v) is 4.10. The van der Waals surface area contributed by atoms with Crippen LogP contribution in [-0.2, 0) is 6.54 Å². The Morgan fingerprint density at radius 2 is 2.43 bits per heavy atom. The molecule has 3 atom stereocenters. The summed E-state index contributed by atoms with van der Waals surface area (Å²) in [6.07, 6.45) is 2.26. The predicted octanol–water partition coefficient (Wildman–Crippen LogP) is 1.90. The Morgan fingerprint density at radius 1 is 1.57 bits per heavy atom. The molecule has 3 heteroatoms. The first-order chi connectivity index (χ1) is 6.71. The summed E-state index contributed by atoms with van der Waals surface area (Å²) >= 11 is 1.72. The van der Waals surface area contributed by atoms with Gasteiger partial charge in [-0.2, -0.15) is 0 Å². The van der Waals surface area contributed by atoms with E-state index in [9.17, 15) is 5.11 Å². The summed E-state index contributed by atoms with van der Waals surface area (Å²) in [5.41, 5.74) is 1.38. The van der Waals surface area contributed by atoms with Crippen molar-refractivity contribution in [2.24, 2.45) is 0 Å². The smallest absolute Gasteiger partial charge is 0.140 e. The van der Waals surface area contributed by atoms with Crippen molar-refractivity contribution < 1.29 is 9.59 Å². The number of rotatable bonds is 0. The molecule has 1 N–H and O–H groups in total. The van der Waals surface area contributed by atoms with Crippen LogP contribution in [0.5, 0.6) is 0 Å². The first-order valence-corrected chi connectivity index (χ1v) is 6.17. The molecule has 0 aromatic carbocycles. The lowest BCUT2D eigenvalue weighted by molar-refractivity contribution is -0.940. The maximum Gasteiger partial charge on any atom is 0.140 e. The second-order valence-electron chi connectivity index (χ2n) is 4.83. The van der Waals surface area contributed by atoms with Crippen molar-refractivity contribution in [2.75, 3.05) is 13.6 Å². The van der Waals surface area contributed by atoms with Crippen LogP contribution >= 0.6 is 11.3 Å². The van der Waals surface area contributed by atoms with Gasteiger partial charge in [0.25, 0.3) is 0 Å². The van der Waals surface area contributed by atoms with E-state index in [4.69, 9.17) is 0 Å². The molecule has 2 aliphatic rings. The van der Waals surface area contributed by atoms with Gasteiger partial charge in [-0.3, -0.25) is 0 Å². The lowest BCUT2D eigenvalue weighted by atomic mass is 9.97. The van der Waals surface area contributed by atoms with Crippen molar-refractivity contribution in [3.05, 3.63) is 21.9 Å². The third kappa shape index (κ3) is 1.03. The Hall–Kier alpha value is -0.380. The predicted molar refractivity (Wildman–Crippen MR) is 57.1 cm³/mol. The summed E-state index contributed by atoms with van der Waals surface area (Å²) in [5.74, 6) is 0. The topological polar surface area (TPSA) is 20.2 Å². The summed E-state index contributed by atoms with van der Waals surface area (Å²) in [4.78, 5) is 1.23. The Labute approximate surface area is 88.4 Å². The quantitative estimate of drug-likeness (QED) is 0.648. The molecule has 1 aromatic heterocycles. The molecule has 2 nitrogen and oxygen atoms in total. The monoisotopic (exact) mass is 210 g/mol.